The average Bonchev–Trinajstić information content (AvgIpc) is 3.36. The predicted octanol–water partition coefficient (Wildman–Crippen LogP) is 4.91. The average molecular weight is 456 g/mol. The Hall–Kier alpha value is -3.35. The van der Waals surface area contributed by atoms with Crippen LogP contribution >= 0.6 is 0 Å². The lowest BCUT2D eigenvalue weighted by molar-refractivity contribution is -0.187. The lowest BCUT2D eigenvalue weighted by atomic mass is 9.74. The molecule has 0 atom stereocenters. The summed E-state index contributed by atoms with van der Waals surface area (Å²) in [6.07, 6.45) is 3.37. The van der Waals surface area contributed by atoms with Gasteiger partial charge in [0.1, 0.15) is 5.65 Å². The minimum atomic E-state index is -4.21. The van der Waals surface area contributed by atoms with E-state index in [4.69, 9.17) is 0 Å². The number of carbonyl (C=O) groups excluding carboxylic acids is 1. The van der Waals surface area contributed by atoms with Crippen LogP contribution in [0, 0.1) is 23.2 Å². The molecular formula is C23H23F3N6O. The number of halogens is 3. The predicted molar refractivity (Wildman–Crippen MR) is 114 cm³/mol. The van der Waals surface area contributed by atoms with Crippen molar-refractivity contribution in [3.8, 4) is 17.3 Å². The highest BCUT2D eigenvalue weighted by atomic mass is 19.4. The quantitative estimate of drug-likeness (QED) is 0.591. The number of nitrogens with zero attached hydrogens (tertiary/aromatic N) is 5. The number of rotatable bonds is 5. The highest BCUT2D eigenvalue weighted by molar-refractivity contribution is 5.93. The molecule has 1 N–H and O–H groups in total. The largest absolute Gasteiger partial charge is 0.391 e. The van der Waals surface area contributed by atoms with Gasteiger partial charge in [-0.15, -0.1) is 0 Å². The van der Waals surface area contributed by atoms with Crippen LogP contribution in [0.4, 0.5) is 19.0 Å². The van der Waals surface area contributed by atoms with Crippen molar-refractivity contribution >= 4 is 17.4 Å². The van der Waals surface area contributed by atoms with E-state index < -0.39 is 17.6 Å². The van der Waals surface area contributed by atoms with Gasteiger partial charge in [-0.05, 0) is 50.7 Å². The van der Waals surface area contributed by atoms with Crippen LogP contribution in [-0.2, 0) is 10.3 Å². The zero-order valence-electron chi connectivity index (χ0n) is 17.8. The summed E-state index contributed by atoms with van der Waals surface area (Å²) < 4.78 is 43.0. The van der Waals surface area contributed by atoms with Crippen molar-refractivity contribution in [2.75, 3.05) is 5.32 Å². The van der Waals surface area contributed by atoms with Gasteiger partial charge in [0.15, 0.2) is 5.82 Å². The smallest absolute Gasteiger partial charge is 0.309 e. The van der Waals surface area contributed by atoms with Gasteiger partial charge in [0, 0.05) is 17.7 Å². The van der Waals surface area contributed by atoms with Crippen LogP contribution in [0.3, 0.4) is 0 Å². The molecule has 7 nitrogen and oxygen atoms in total. The molecule has 0 bridgehead atoms. The summed E-state index contributed by atoms with van der Waals surface area (Å²) in [4.78, 5) is 16.6. The number of hydrogen-bond acceptors (Lipinski definition) is 4. The molecule has 172 valence electrons. The number of alkyl halides is 3. The molecule has 0 aromatic carbocycles. The number of nitriles is 1. The molecule has 2 fully saturated rings. The monoisotopic (exact) mass is 456 g/mol. The Bertz CT molecular complexity index is 1230. The van der Waals surface area contributed by atoms with Crippen LogP contribution in [0.15, 0.2) is 36.8 Å². The van der Waals surface area contributed by atoms with E-state index in [2.05, 4.69) is 21.5 Å². The number of carbonyl (C=O) groups is 1. The molecule has 33 heavy (non-hydrogen) atoms. The Kier molecular flexibility index (Phi) is 5.15. The van der Waals surface area contributed by atoms with Crippen molar-refractivity contribution in [2.45, 2.75) is 56.7 Å². The van der Waals surface area contributed by atoms with E-state index in [-0.39, 0.29) is 43.9 Å². The number of hydrogen-bond donors (Lipinski definition) is 1. The summed E-state index contributed by atoms with van der Waals surface area (Å²) in [5.74, 6) is -0.821. The summed E-state index contributed by atoms with van der Waals surface area (Å²) in [5.41, 5.74) is 1.45. The second-order valence-electron chi connectivity index (χ2n) is 9.08. The Morgan fingerprint density at radius 1 is 1.21 bits per heavy atom. The summed E-state index contributed by atoms with van der Waals surface area (Å²) in [5, 5.41) is 16.7. The Morgan fingerprint density at radius 2 is 1.97 bits per heavy atom. The van der Waals surface area contributed by atoms with Gasteiger partial charge in [-0.1, -0.05) is 6.07 Å². The first-order valence-corrected chi connectivity index (χ1v) is 11.1. The summed E-state index contributed by atoms with van der Waals surface area (Å²) >= 11 is 0. The topological polar surface area (TPSA) is 88.0 Å². The highest BCUT2D eigenvalue weighted by Gasteiger charge is 2.47. The minimum Gasteiger partial charge on any atom is -0.309 e. The maximum Gasteiger partial charge on any atom is 0.391 e. The third-order valence-corrected chi connectivity index (χ3v) is 6.84. The SMILES string of the molecule is N#CCC1(n2cc(-c3cccc4nc(NC(=O)C5CC5)cn34)cn2)CCC(C(F)(F)F)CC1. The van der Waals surface area contributed by atoms with Gasteiger partial charge in [-0.2, -0.15) is 23.5 Å². The Balaban J connectivity index is 1.43. The summed E-state index contributed by atoms with van der Waals surface area (Å²) in [6.45, 7) is 0. The van der Waals surface area contributed by atoms with E-state index in [1.807, 2.05) is 22.6 Å². The molecule has 0 spiro atoms. The molecule has 2 saturated carbocycles. The number of imidazole rings is 1. The van der Waals surface area contributed by atoms with Crippen LogP contribution in [0.2, 0.25) is 0 Å². The number of amides is 1. The van der Waals surface area contributed by atoms with E-state index in [1.165, 1.54) is 0 Å². The van der Waals surface area contributed by atoms with Crippen molar-refractivity contribution < 1.29 is 18.0 Å². The second kappa shape index (κ2) is 7.90. The fraction of sp³-hybridized carbons (Fsp3) is 0.478. The first-order valence-electron chi connectivity index (χ1n) is 11.1. The summed E-state index contributed by atoms with van der Waals surface area (Å²) in [6, 6.07) is 7.71. The Labute approximate surface area is 188 Å². The molecule has 0 radical (unpaired) electrons. The third-order valence-electron chi connectivity index (χ3n) is 6.84. The molecule has 1 amide bonds. The molecule has 0 unspecified atom stereocenters. The lowest BCUT2D eigenvalue weighted by Gasteiger charge is -2.39. The van der Waals surface area contributed by atoms with Gasteiger partial charge in [-0.25, -0.2) is 4.98 Å². The molecule has 3 aromatic rings. The first-order chi connectivity index (χ1) is 15.8. The second-order valence-corrected chi connectivity index (χ2v) is 9.08. The number of anilines is 1. The van der Waals surface area contributed by atoms with Crippen LogP contribution in [-0.4, -0.2) is 31.2 Å². The van der Waals surface area contributed by atoms with E-state index in [0.717, 1.165) is 24.1 Å². The number of aromatic nitrogens is 4. The Morgan fingerprint density at radius 3 is 2.64 bits per heavy atom. The fourth-order valence-corrected chi connectivity index (χ4v) is 4.71. The van der Waals surface area contributed by atoms with E-state index in [9.17, 15) is 23.2 Å². The normalized spacial score (nSPS) is 23.4. The van der Waals surface area contributed by atoms with Crippen LogP contribution in [0.25, 0.3) is 16.9 Å². The zero-order chi connectivity index (χ0) is 23.2. The van der Waals surface area contributed by atoms with Crippen LogP contribution in [0.5, 0.6) is 0 Å². The fourth-order valence-electron chi connectivity index (χ4n) is 4.71. The standard InChI is InChI=1S/C23H23F3N6O/c24-23(25,26)17-6-8-22(9-7-17,10-11-27)32-13-16(12-28-32)18-2-1-3-20-29-19(14-31(18)20)30-21(33)15-4-5-15/h1-3,12-15,17H,4-10H2,(H,30,33). The molecule has 0 aliphatic heterocycles. The maximum absolute atomic E-state index is 13.2. The van der Waals surface area contributed by atoms with Crippen LogP contribution < -0.4 is 5.32 Å². The summed E-state index contributed by atoms with van der Waals surface area (Å²) in [7, 11) is 0. The lowest BCUT2D eigenvalue weighted by Crippen LogP contribution is -2.41. The van der Waals surface area contributed by atoms with Gasteiger partial charge in [-0.3, -0.25) is 13.9 Å². The number of nitrogens with one attached hydrogen (secondary N) is 1. The molecule has 5 rings (SSSR count). The van der Waals surface area contributed by atoms with Crippen molar-refractivity contribution in [2.24, 2.45) is 11.8 Å². The molecule has 3 heterocycles. The zero-order valence-corrected chi connectivity index (χ0v) is 17.8. The molecule has 10 heteroatoms. The number of pyridine rings is 1. The van der Waals surface area contributed by atoms with Crippen LogP contribution in [0.1, 0.15) is 44.9 Å². The highest BCUT2D eigenvalue weighted by Crippen LogP contribution is 2.45. The van der Waals surface area contributed by atoms with Crippen molar-refractivity contribution in [3.63, 3.8) is 0 Å². The molecule has 2 aliphatic carbocycles. The van der Waals surface area contributed by atoms with E-state index in [1.54, 1.807) is 23.3 Å². The maximum atomic E-state index is 13.2. The van der Waals surface area contributed by atoms with Gasteiger partial charge in [0.2, 0.25) is 5.91 Å². The van der Waals surface area contributed by atoms with Gasteiger partial charge in [0.25, 0.3) is 0 Å². The van der Waals surface area contributed by atoms with Crippen molar-refractivity contribution in [1.29, 1.82) is 5.26 Å². The first kappa shape index (κ1) is 21.5. The molecule has 2 aliphatic rings. The van der Waals surface area contributed by atoms with E-state index in [0.29, 0.717) is 11.5 Å². The third kappa shape index (κ3) is 4.08. The van der Waals surface area contributed by atoms with Crippen molar-refractivity contribution in [3.05, 3.63) is 36.8 Å². The van der Waals surface area contributed by atoms with E-state index >= 15 is 0 Å². The van der Waals surface area contributed by atoms with Crippen molar-refractivity contribution in [1.82, 2.24) is 19.2 Å². The number of fused-ring (bicyclic) bond motifs is 1. The van der Waals surface area contributed by atoms with Gasteiger partial charge >= 0.3 is 6.18 Å². The minimum absolute atomic E-state index is 0.0124. The van der Waals surface area contributed by atoms with Gasteiger partial charge in [0.05, 0.1) is 42.0 Å². The molecule has 3 aromatic heterocycles. The molecular weight excluding hydrogens is 433 g/mol. The van der Waals surface area contributed by atoms with Gasteiger partial charge < -0.3 is 5.32 Å². The molecule has 0 saturated heterocycles.